The van der Waals surface area contributed by atoms with Gasteiger partial charge < -0.3 is 20.5 Å². The smallest absolute Gasteiger partial charge is 0.248 e. The number of hydrogen-bond acceptors (Lipinski definition) is 6. The van der Waals surface area contributed by atoms with Crippen molar-refractivity contribution >= 4 is 43.8 Å². The molecule has 5 nitrogen and oxygen atoms in total. The van der Waals surface area contributed by atoms with Gasteiger partial charge >= 0.3 is 0 Å². The van der Waals surface area contributed by atoms with E-state index in [2.05, 4.69) is 94.7 Å². The van der Waals surface area contributed by atoms with Crippen LogP contribution in [0.25, 0.3) is 0 Å². The number of anilines is 1. The number of aliphatic hydroxyl groups excluding tert-OH is 1. The van der Waals surface area contributed by atoms with Gasteiger partial charge in [0.1, 0.15) is 5.75 Å². The fraction of sp³-hybridized carbons (Fsp3) is 0.500. The normalized spacial score (nSPS) is 10.4. The Hall–Kier alpha value is -2.47. The number of thiol groups is 2. The molecule has 2 radical (unpaired) electrons. The maximum atomic E-state index is 11.8. The lowest BCUT2D eigenvalue weighted by Gasteiger charge is -2.26. The zero-order valence-electron chi connectivity index (χ0n) is 26.0. The second kappa shape index (κ2) is 28.6. The standard InChI is InChI=1S/C31H46N2O2S.C2H2.CH4O.BHS/c1-4-13-27(24-36)16-8-6-7-10-20-33(5-2)29-23-28(31(32)34)18-19-30(29)35-21-11-9-15-26-17-12-14-25(3)22-26;3*1-2/h4,12,14,17-19,22-23,27,36H,1,5-11,13,15-16,20-21,24H2,2-3H3,(H2,32,34);1-2H;2H,1H3;2H/t27-;;;/m1.../s1. The molecule has 0 aliphatic rings. The monoisotopic (exact) mass is 612 g/mol. The summed E-state index contributed by atoms with van der Waals surface area (Å²) in [6.45, 7) is 10.6. The van der Waals surface area contributed by atoms with E-state index in [4.69, 9.17) is 15.6 Å². The average molecular weight is 613 g/mol. The number of aliphatic hydroxyl groups is 1. The van der Waals surface area contributed by atoms with Crippen LogP contribution in [0.3, 0.4) is 0 Å². The molecule has 0 heterocycles. The summed E-state index contributed by atoms with van der Waals surface area (Å²) in [5.74, 6) is 2.00. The minimum atomic E-state index is -0.407. The highest BCUT2D eigenvalue weighted by Gasteiger charge is 2.14. The number of rotatable bonds is 19. The van der Waals surface area contributed by atoms with Crippen LogP contribution in [0.15, 0.2) is 55.1 Å². The van der Waals surface area contributed by atoms with Gasteiger partial charge in [-0.1, -0.05) is 55.2 Å². The lowest BCUT2D eigenvalue weighted by molar-refractivity contribution is 0.1000. The molecule has 2 aromatic carbocycles. The number of terminal acetylenes is 1. The van der Waals surface area contributed by atoms with E-state index in [1.165, 1.54) is 36.8 Å². The topological polar surface area (TPSA) is 75.8 Å². The maximum absolute atomic E-state index is 11.8. The third-order valence-electron chi connectivity index (χ3n) is 6.71. The first kappa shape index (κ1) is 41.7. The summed E-state index contributed by atoms with van der Waals surface area (Å²) in [6.07, 6.45) is 20.2. The van der Waals surface area contributed by atoms with Gasteiger partial charge in [0.2, 0.25) is 5.91 Å². The first-order chi connectivity index (χ1) is 20.5. The molecule has 2 aromatic rings. The average Bonchev–Trinajstić information content (AvgIpc) is 3.03. The number of benzene rings is 2. The van der Waals surface area contributed by atoms with Gasteiger partial charge in [-0.3, -0.25) is 4.79 Å². The van der Waals surface area contributed by atoms with Gasteiger partial charge in [0.05, 0.1) is 12.3 Å². The van der Waals surface area contributed by atoms with E-state index in [0.29, 0.717) is 18.1 Å². The Kier molecular flexibility index (Phi) is 28.4. The highest BCUT2D eigenvalue weighted by Crippen LogP contribution is 2.30. The molecule has 0 spiro atoms. The molecule has 8 heteroatoms. The Bertz CT molecular complexity index is 988. The number of allylic oxidation sites excluding steroid dienone is 1. The molecule has 0 saturated carbocycles. The Labute approximate surface area is 268 Å². The molecule has 0 fully saturated rings. The molecule has 42 heavy (non-hydrogen) atoms. The van der Waals surface area contributed by atoms with Crippen LogP contribution in [-0.2, 0) is 6.42 Å². The second-order valence-electron chi connectivity index (χ2n) is 9.70. The number of nitrogens with zero attached hydrogens (tertiary/aromatic N) is 1. The Morgan fingerprint density at radius 3 is 2.38 bits per heavy atom. The van der Waals surface area contributed by atoms with E-state index < -0.39 is 5.91 Å². The van der Waals surface area contributed by atoms with Gasteiger partial charge in [-0.2, -0.15) is 12.6 Å². The fourth-order valence-corrected chi connectivity index (χ4v) is 4.91. The molecule has 0 aromatic heterocycles. The summed E-state index contributed by atoms with van der Waals surface area (Å²) in [5, 5.41) is 7.00. The van der Waals surface area contributed by atoms with Crippen LogP contribution < -0.4 is 15.4 Å². The predicted molar refractivity (Wildman–Crippen MR) is 190 cm³/mol. The molecule has 2 rings (SSSR count). The first-order valence-corrected chi connectivity index (χ1v) is 15.8. The summed E-state index contributed by atoms with van der Waals surface area (Å²) < 4.78 is 6.21. The number of primary amides is 1. The van der Waals surface area contributed by atoms with Gasteiger partial charge in [0.25, 0.3) is 0 Å². The third-order valence-corrected chi connectivity index (χ3v) is 7.23. The SMILES string of the molecule is C#C.C=CC[C@@H](CS)CCCCCCN(CC)c1cc(C(N)=O)ccc1OCCCCc1cccc(C)c1.CO.[B]S. The number of ether oxygens (including phenoxy) is 1. The van der Waals surface area contributed by atoms with E-state index >= 15 is 0 Å². The van der Waals surface area contributed by atoms with Crippen molar-refractivity contribution in [1.29, 1.82) is 0 Å². The first-order valence-electron chi connectivity index (χ1n) is 14.6. The summed E-state index contributed by atoms with van der Waals surface area (Å²) in [6, 6.07) is 14.2. The van der Waals surface area contributed by atoms with Crippen LogP contribution >= 0.6 is 25.1 Å². The minimum absolute atomic E-state index is 0.407. The summed E-state index contributed by atoms with van der Waals surface area (Å²) >= 11 is 7.49. The van der Waals surface area contributed by atoms with Gasteiger partial charge in [0, 0.05) is 25.8 Å². The van der Waals surface area contributed by atoms with Gasteiger partial charge in [-0.15, -0.1) is 19.4 Å². The van der Waals surface area contributed by atoms with Gasteiger partial charge in [-0.05, 0) is 87.8 Å². The van der Waals surface area contributed by atoms with Crippen molar-refractivity contribution in [2.24, 2.45) is 11.7 Å². The molecule has 1 amide bonds. The molecule has 3 N–H and O–H groups in total. The Morgan fingerprint density at radius 1 is 1.10 bits per heavy atom. The van der Waals surface area contributed by atoms with Gasteiger partial charge in [-0.25, -0.2) is 12.5 Å². The van der Waals surface area contributed by atoms with Crippen molar-refractivity contribution in [2.75, 3.05) is 37.5 Å². The van der Waals surface area contributed by atoms with Crippen LogP contribution in [0.5, 0.6) is 5.75 Å². The predicted octanol–water partition coefficient (Wildman–Crippen LogP) is 7.25. The van der Waals surface area contributed by atoms with E-state index in [1.54, 1.807) is 6.07 Å². The number of unbranched alkanes of at least 4 members (excludes halogenated alkanes) is 4. The van der Waals surface area contributed by atoms with Crippen molar-refractivity contribution in [2.45, 2.75) is 71.6 Å². The molecule has 1 atom stereocenters. The largest absolute Gasteiger partial charge is 0.491 e. The highest BCUT2D eigenvalue weighted by atomic mass is 32.1. The molecule has 0 saturated heterocycles. The molecule has 0 aliphatic carbocycles. The van der Waals surface area contributed by atoms with Crippen molar-refractivity contribution in [3.8, 4) is 18.6 Å². The van der Waals surface area contributed by atoms with E-state index in [1.807, 2.05) is 18.2 Å². The van der Waals surface area contributed by atoms with Crippen LogP contribution in [0.2, 0.25) is 0 Å². The Morgan fingerprint density at radius 2 is 1.79 bits per heavy atom. The zero-order chi connectivity index (χ0) is 32.2. The quantitative estimate of drug-likeness (QED) is 0.0443. The maximum Gasteiger partial charge on any atom is 0.248 e. The van der Waals surface area contributed by atoms with Crippen molar-refractivity contribution in [3.05, 3.63) is 71.8 Å². The van der Waals surface area contributed by atoms with Crippen molar-refractivity contribution in [1.82, 2.24) is 0 Å². The highest BCUT2D eigenvalue weighted by molar-refractivity contribution is 8.03. The number of aryl methyl sites for hydroxylation is 2. The van der Waals surface area contributed by atoms with Gasteiger partial charge in [0.15, 0.2) is 7.12 Å². The molecular formula is C34H53BN2O3S2. The molecular weight excluding hydrogens is 559 g/mol. The zero-order valence-corrected chi connectivity index (χ0v) is 27.8. The molecule has 0 bridgehead atoms. The van der Waals surface area contributed by atoms with Crippen LogP contribution in [0.1, 0.15) is 79.8 Å². The number of amides is 1. The molecule has 0 aliphatic heterocycles. The molecule has 0 unspecified atom stereocenters. The van der Waals surface area contributed by atoms with Crippen LogP contribution in [0.4, 0.5) is 5.69 Å². The van der Waals surface area contributed by atoms with E-state index in [-0.39, 0.29) is 0 Å². The lowest BCUT2D eigenvalue weighted by Crippen LogP contribution is -2.25. The number of nitrogens with two attached hydrogens (primary N) is 1. The van der Waals surface area contributed by atoms with Crippen LogP contribution in [0, 0.1) is 25.7 Å². The van der Waals surface area contributed by atoms with Crippen molar-refractivity contribution in [3.63, 3.8) is 0 Å². The summed E-state index contributed by atoms with van der Waals surface area (Å²) in [5.41, 5.74) is 9.75. The van der Waals surface area contributed by atoms with E-state index in [0.717, 1.165) is 69.5 Å². The third kappa shape index (κ3) is 18.2. The number of carbonyl (C=O) groups excluding carboxylic acids is 1. The minimum Gasteiger partial charge on any atom is -0.491 e. The van der Waals surface area contributed by atoms with Crippen molar-refractivity contribution < 1.29 is 14.6 Å². The molecule has 232 valence electrons. The summed E-state index contributed by atoms with van der Waals surface area (Å²) in [7, 11) is 5.19. The fourth-order valence-electron chi connectivity index (χ4n) is 4.58. The van der Waals surface area contributed by atoms with Crippen LogP contribution in [-0.4, -0.2) is 50.7 Å². The summed E-state index contributed by atoms with van der Waals surface area (Å²) in [4.78, 5) is 14.2. The Balaban J connectivity index is 0. The second-order valence-corrected chi connectivity index (χ2v) is 10.1. The number of carbonyl (C=O) groups is 1. The lowest BCUT2D eigenvalue weighted by atomic mass is 9.99. The van der Waals surface area contributed by atoms with E-state index in [9.17, 15) is 4.79 Å². The number of hydrogen-bond donors (Lipinski definition) is 4.